The molecule has 2 amide bonds. The van der Waals surface area contributed by atoms with E-state index in [9.17, 15) is 24.6 Å². The summed E-state index contributed by atoms with van der Waals surface area (Å²) in [6.45, 7) is 0.330. The van der Waals surface area contributed by atoms with Crippen LogP contribution >= 0.6 is 0 Å². The van der Waals surface area contributed by atoms with Gasteiger partial charge in [0.05, 0.1) is 38.2 Å². The molecule has 3 aliphatic rings. The molecule has 1 aliphatic carbocycles. The fraction of sp³-hybridized carbons (Fsp3) is 0.444. The van der Waals surface area contributed by atoms with Crippen LogP contribution in [0.25, 0.3) is 0 Å². The number of nitrogens with zero attached hydrogens (tertiary/aromatic N) is 1. The van der Waals surface area contributed by atoms with E-state index in [0.717, 1.165) is 6.42 Å². The number of ether oxygens (including phenoxy) is 3. The summed E-state index contributed by atoms with van der Waals surface area (Å²) in [5, 5.41) is 23.6. The number of furan rings is 1. The van der Waals surface area contributed by atoms with E-state index in [1.54, 1.807) is 18.2 Å². The molecule has 0 radical (unpaired) electrons. The van der Waals surface area contributed by atoms with Crippen molar-refractivity contribution in [1.82, 2.24) is 10.2 Å². The van der Waals surface area contributed by atoms with Gasteiger partial charge >= 0.3 is 0 Å². The fourth-order valence-electron chi connectivity index (χ4n) is 5.43. The van der Waals surface area contributed by atoms with Gasteiger partial charge in [0.1, 0.15) is 24.6 Å². The molecule has 0 saturated carbocycles. The van der Waals surface area contributed by atoms with Crippen molar-refractivity contribution in [2.75, 3.05) is 26.9 Å². The molecule has 1 saturated heterocycles. The maximum absolute atomic E-state index is 13.7. The smallest absolute Gasteiger partial charge is 0.252 e. The highest BCUT2D eigenvalue weighted by Crippen LogP contribution is 2.51. The van der Waals surface area contributed by atoms with Crippen LogP contribution in [0.3, 0.4) is 0 Å². The number of aldehydes is 1. The van der Waals surface area contributed by atoms with E-state index in [2.05, 4.69) is 5.32 Å². The number of benzene rings is 1. The minimum absolute atomic E-state index is 0.0137. The van der Waals surface area contributed by atoms with Crippen molar-refractivity contribution in [3.63, 3.8) is 0 Å². The summed E-state index contributed by atoms with van der Waals surface area (Å²) in [6, 6.07) is 3.91. The van der Waals surface area contributed by atoms with Crippen molar-refractivity contribution in [3.05, 3.63) is 59.1 Å². The van der Waals surface area contributed by atoms with Crippen molar-refractivity contribution in [2.45, 2.75) is 49.7 Å². The van der Waals surface area contributed by atoms with Crippen LogP contribution in [0.1, 0.15) is 40.2 Å². The molecule has 0 bridgehead atoms. The average molecular weight is 527 g/mol. The molecule has 38 heavy (non-hydrogen) atoms. The third-order valence-electron chi connectivity index (χ3n) is 7.19. The van der Waals surface area contributed by atoms with Gasteiger partial charge in [0.2, 0.25) is 5.91 Å². The fourth-order valence-corrected chi connectivity index (χ4v) is 5.43. The van der Waals surface area contributed by atoms with E-state index in [1.807, 2.05) is 0 Å². The lowest BCUT2D eigenvalue weighted by atomic mass is 9.77. The first kappa shape index (κ1) is 26.0. The number of hydrogen-bond donors (Lipinski definition) is 3. The van der Waals surface area contributed by atoms with Gasteiger partial charge in [-0.2, -0.15) is 0 Å². The predicted molar refractivity (Wildman–Crippen MR) is 132 cm³/mol. The second-order valence-electron chi connectivity index (χ2n) is 9.50. The van der Waals surface area contributed by atoms with Crippen molar-refractivity contribution in [1.29, 1.82) is 0 Å². The number of amides is 2. The van der Waals surface area contributed by atoms with Gasteiger partial charge in [0, 0.05) is 42.0 Å². The molecule has 11 heteroatoms. The molecule has 1 aromatic carbocycles. The lowest BCUT2D eigenvalue weighted by molar-refractivity contribution is -0.147. The van der Waals surface area contributed by atoms with Crippen molar-refractivity contribution in [3.8, 4) is 11.5 Å². The number of aliphatic hydroxyl groups excluding tert-OH is 2. The van der Waals surface area contributed by atoms with Crippen LogP contribution in [0, 0.1) is 0 Å². The van der Waals surface area contributed by atoms with Crippen molar-refractivity contribution >= 4 is 18.1 Å². The SMILES string of the molecule is COc1cc(C=O)cc2c1O[C@@H]1[C@@H](O)[C@H](N(Cc3ccoc3)C(=O)C3CCCO3)C=C(C(=O)NCCO)[C@H]21. The number of fused-ring (bicyclic) bond motifs is 3. The second kappa shape index (κ2) is 11.0. The second-order valence-corrected chi connectivity index (χ2v) is 9.50. The van der Waals surface area contributed by atoms with Crippen LogP contribution in [0.5, 0.6) is 11.5 Å². The molecule has 3 N–H and O–H groups in total. The van der Waals surface area contributed by atoms with Crippen molar-refractivity contribution < 1.29 is 43.2 Å². The van der Waals surface area contributed by atoms with E-state index >= 15 is 0 Å². The molecule has 1 aromatic heterocycles. The lowest BCUT2D eigenvalue weighted by Crippen LogP contribution is -2.57. The molecule has 202 valence electrons. The Morgan fingerprint density at radius 1 is 1.32 bits per heavy atom. The Labute approximate surface area is 219 Å². The number of methoxy groups -OCH3 is 1. The van der Waals surface area contributed by atoms with Crippen LogP contribution in [-0.2, 0) is 20.9 Å². The van der Waals surface area contributed by atoms with Gasteiger partial charge in [-0.1, -0.05) is 0 Å². The minimum Gasteiger partial charge on any atom is -0.493 e. The van der Waals surface area contributed by atoms with Crippen LogP contribution in [0.2, 0.25) is 0 Å². The topological polar surface area (TPSA) is 148 Å². The molecule has 0 spiro atoms. The summed E-state index contributed by atoms with van der Waals surface area (Å²) in [7, 11) is 1.44. The van der Waals surface area contributed by atoms with Gasteiger partial charge in [-0.15, -0.1) is 0 Å². The first-order valence-corrected chi connectivity index (χ1v) is 12.5. The normalized spacial score (nSPS) is 25.6. The first-order valence-electron chi connectivity index (χ1n) is 12.5. The molecule has 1 unspecified atom stereocenters. The quantitative estimate of drug-likeness (QED) is 0.406. The highest BCUT2D eigenvalue weighted by molar-refractivity contribution is 5.96. The summed E-state index contributed by atoms with van der Waals surface area (Å²) < 4.78 is 22.5. The molecule has 2 aliphatic heterocycles. The van der Waals surface area contributed by atoms with Gasteiger partial charge < -0.3 is 39.1 Å². The van der Waals surface area contributed by atoms with Crippen LogP contribution in [-0.4, -0.2) is 84.4 Å². The van der Waals surface area contributed by atoms with Gasteiger partial charge in [-0.3, -0.25) is 14.4 Å². The highest BCUT2D eigenvalue weighted by atomic mass is 16.5. The van der Waals surface area contributed by atoms with E-state index < -0.39 is 36.2 Å². The summed E-state index contributed by atoms with van der Waals surface area (Å²) >= 11 is 0. The maximum Gasteiger partial charge on any atom is 0.252 e. The predicted octanol–water partition coefficient (Wildman–Crippen LogP) is 0.931. The van der Waals surface area contributed by atoms with Crippen molar-refractivity contribution in [2.24, 2.45) is 0 Å². The Balaban J connectivity index is 1.59. The molecule has 3 heterocycles. The molecule has 5 atom stereocenters. The Hall–Kier alpha value is -3.67. The Morgan fingerprint density at radius 2 is 2.16 bits per heavy atom. The summed E-state index contributed by atoms with van der Waals surface area (Å²) in [5.74, 6) is -0.916. The van der Waals surface area contributed by atoms with Gasteiger partial charge in [-0.25, -0.2) is 0 Å². The zero-order valence-corrected chi connectivity index (χ0v) is 20.9. The van der Waals surface area contributed by atoms with Crippen LogP contribution < -0.4 is 14.8 Å². The Morgan fingerprint density at radius 3 is 2.82 bits per heavy atom. The standard InChI is InChI=1S/C27H30N2O9/c1-35-21-10-16(13-31)9-17-22-18(26(33)28-5-6-30)11-19(23(32)25(22)38-24(17)21)29(12-15-4-8-36-14-15)27(34)20-3-2-7-37-20/h4,8-11,13-14,19-20,22-23,25,30,32H,2-3,5-7,12H2,1H3,(H,28,33)/t19-,20?,22+,23+,25+/m1/s1. The number of carbonyl (C=O) groups is 3. The maximum atomic E-state index is 13.7. The number of carbonyl (C=O) groups excluding carboxylic acids is 3. The van der Waals surface area contributed by atoms with Gasteiger partial charge in [0.15, 0.2) is 11.5 Å². The summed E-state index contributed by atoms with van der Waals surface area (Å²) in [6.07, 6.45) is 3.70. The van der Waals surface area contributed by atoms with E-state index in [0.29, 0.717) is 47.5 Å². The highest BCUT2D eigenvalue weighted by Gasteiger charge is 2.52. The molecule has 5 rings (SSSR count). The zero-order valence-electron chi connectivity index (χ0n) is 20.9. The lowest BCUT2D eigenvalue weighted by Gasteiger charge is -2.41. The van der Waals surface area contributed by atoms with E-state index in [1.165, 1.54) is 30.6 Å². The first-order chi connectivity index (χ1) is 18.5. The Bertz CT molecular complexity index is 1220. The number of aliphatic hydroxyl groups is 2. The molecular weight excluding hydrogens is 496 g/mol. The third kappa shape index (κ3) is 4.68. The van der Waals surface area contributed by atoms with E-state index in [4.69, 9.17) is 18.6 Å². The minimum atomic E-state index is -1.23. The van der Waals surface area contributed by atoms with Crippen LogP contribution in [0.15, 0.2) is 46.8 Å². The molecule has 1 fully saturated rings. The monoisotopic (exact) mass is 526 g/mol. The number of hydrogen-bond acceptors (Lipinski definition) is 9. The van der Waals surface area contributed by atoms with Crippen LogP contribution in [0.4, 0.5) is 0 Å². The van der Waals surface area contributed by atoms with Gasteiger partial charge in [-0.05, 0) is 37.1 Å². The summed E-state index contributed by atoms with van der Waals surface area (Å²) in [4.78, 5) is 40.1. The number of nitrogens with one attached hydrogen (secondary N) is 1. The third-order valence-corrected chi connectivity index (χ3v) is 7.19. The zero-order chi connectivity index (χ0) is 26.8. The Kier molecular flexibility index (Phi) is 7.50. The van der Waals surface area contributed by atoms with Gasteiger partial charge in [0.25, 0.3) is 5.91 Å². The molecule has 2 aromatic rings. The molecular formula is C27H30N2O9. The largest absolute Gasteiger partial charge is 0.493 e. The molecule has 11 nitrogen and oxygen atoms in total. The van der Waals surface area contributed by atoms with E-state index in [-0.39, 0.29) is 31.2 Å². The average Bonchev–Trinajstić information content (AvgIpc) is 3.71. The summed E-state index contributed by atoms with van der Waals surface area (Å²) in [5.41, 5.74) is 1.80. The number of rotatable bonds is 9.